The summed E-state index contributed by atoms with van der Waals surface area (Å²) in [6.07, 6.45) is 0.0900. The number of esters is 2. The Hall–Kier alpha value is -4.48. The minimum atomic E-state index is -0.626. The summed E-state index contributed by atoms with van der Waals surface area (Å²) in [5.41, 5.74) is 7.39. The summed E-state index contributed by atoms with van der Waals surface area (Å²) < 4.78 is 9.08. The van der Waals surface area contributed by atoms with Gasteiger partial charge in [-0.2, -0.15) is 0 Å². The smallest absolute Gasteiger partial charge is 0.309 e. The molecule has 0 saturated heterocycles. The average molecular weight is 503 g/mol. The minimum Gasteiger partial charge on any atom is -0.469 e. The van der Waals surface area contributed by atoms with Gasteiger partial charge in [-0.05, 0) is 29.3 Å². The fraction of sp³-hybridized carbons (Fsp3) is 0.333. The minimum absolute atomic E-state index is 0.0395. The molecule has 0 aromatic heterocycles. The highest BCUT2D eigenvalue weighted by Gasteiger charge is 2.22. The van der Waals surface area contributed by atoms with E-state index in [4.69, 9.17) is 5.73 Å². The van der Waals surface area contributed by atoms with Crippen LogP contribution in [0.15, 0.2) is 36.4 Å². The van der Waals surface area contributed by atoms with Crippen LogP contribution in [0.25, 0.3) is 0 Å². The molecule has 0 aliphatic rings. The molecule has 0 radical (unpaired) electrons. The SMILES string of the molecule is COC(=O)Cc1ccc(N)c(C(=O)N(C)C)c1.COC(=O)Cc1ccc([N+](=O)[O-])c(C(=O)N(C)C)c1. The third-order valence-electron chi connectivity index (χ3n) is 4.80. The largest absolute Gasteiger partial charge is 0.469 e. The van der Waals surface area contributed by atoms with Crippen molar-refractivity contribution in [1.82, 2.24) is 9.80 Å². The lowest BCUT2D eigenvalue weighted by Crippen LogP contribution is -2.23. The third kappa shape index (κ3) is 8.38. The second kappa shape index (κ2) is 13.4. The molecule has 0 heterocycles. The predicted octanol–water partition coefficient (Wildman–Crippen LogP) is 1.70. The molecule has 0 unspecified atom stereocenters. The predicted molar refractivity (Wildman–Crippen MR) is 131 cm³/mol. The number of hydrogen-bond donors (Lipinski definition) is 1. The molecule has 0 fully saturated rings. The van der Waals surface area contributed by atoms with Crippen LogP contribution in [0.4, 0.5) is 11.4 Å². The highest BCUT2D eigenvalue weighted by Crippen LogP contribution is 2.22. The number of nitrogens with zero attached hydrogens (tertiary/aromatic N) is 3. The summed E-state index contributed by atoms with van der Waals surface area (Å²) in [7, 11) is 8.87. The van der Waals surface area contributed by atoms with Crippen molar-refractivity contribution in [3.63, 3.8) is 0 Å². The molecule has 0 atom stereocenters. The van der Waals surface area contributed by atoms with Crippen LogP contribution < -0.4 is 5.73 Å². The van der Waals surface area contributed by atoms with Gasteiger partial charge in [-0.3, -0.25) is 29.3 Å². The van der Waals surface area contributed by atoms with Crippen molar-refractivity contribution in [3.8, 4) is 0 Å². The maximum absolute atomic E-state index is 11.9. The van der Waals surface area contributed by atoms with Gasteiger partial charge in [0.15, 0.2) is 0 Å². The number of nitro groups is 1. The van der Waals surface area contributed by atoms with Crippen molar-refractivity contribution >= 4 is 35.1 Å². The van der Waals surface area contributed by atoms with E-state index in [-0.39, 0.29) is 36.0 Å². The lowest BCUT2D eigenvalue weighted by molar-refractivity contribution is -0.385. The summed E-state index contributed by atoms with van der Waals surface area (Å²) in [4.78, 5) is 58.9. The van der Waals surface area contributed by atoms with E-state index in [1.54, 1.807) is 32.3 Å². The Bertz CT molecular complexity index is 1140. The van der Waals surface area contributed by atoms with Gasteiger partial charge in [0.1, 0.15) is 5.56 Å². The van der Waals surface area contributed by atoms with Crippen molar-refractivity contribution in [3.05, 3.63) is 68.8 Å². The van der Waals surface area contributed by atoms with Crippen LogP contribution in [-0.4, -0.2) is 80.9 Å². The molecule has 12 nitrogen and oxygen atoms in total. The van der Waals surface area contributed by atoms with Crippen LogP contribution in [-0.2, 0) is 31.9 Å². The van der Waals surface area contributed by atoms with Crippen molar-refractivity contribution in [1.29, 1.82) is 0 Å². The lowest BCUT2D eigenvalue weighted by Gasteiger charge is -2.13. The summed E-state index contributed by atoms with van der Waals surface area (Å²) in [5.74, 6) is -1.50. The Kier molecular flexibility index (Phi) is 11.0. The Balaban J connectivity index is 0.000000362. The van der Waals surface area contributed by atoms with Gasteiger partial charge in [-0.15, -0.1) is 0 Å². The topological polar surface area (TPSA) is 162 Å². The molecule has 194 valence electrons. The zero-order valence-corrected chi connectivity index (χ0v) is 21.1. The molecule has 12 heteroatoms. The van der Waals surface area contributed by atoms with Crippen molar-refractivity contribution < 1.29 is 33.6 Å². The molecule has 0 aliphatic carbocycles. The average Bonchev–Trinajstić information content (AvgIpc) is 2.84. The van der Waals surface area contributed by atoms with E-state index in [0.29, 0.717) is 22.4 Å². The molecule has 0 bridgehead atoms. The first-order valence-corrected chi connectivity index (χ1v) is 10.5. The number of nitro benzene ring substituents is 1. The van der Waals surface area contributed by atoms with Crippen LogP contribution in [0, 0.1) is 10.1 Å². The molecule has 0 saturated carbocycles. The third-order valence-corrected chi connectivity index (χ3v) is 4.80. The van der Waals surface area contributed by atoms with Gasteiger partial charge in [-0.25, -0.2) is 0 Å². The Morgan fingerprint density at radius 3 is 1.64 bits per heavy atom. The van der Waals surface area contributed by atoms with Crippen molar-refractivity contribution in [2.75, 3.05) is 48.1 Å². The Labute approximate surface area is 208 Å². The summed E-state index contributed by atoms with van der Waals surface area (Å²) >= 11 is 0. The van der Waals surface area contributed by atoms with Gasteiger partial charge in [0.25, 0.3) is 17.5 Å². The number of amides is 2. The number of carbonyl (C=O) groups is 4. The van der Waals surface area contributed by atoms with Gasteiger partial charge in [0.05, 0.1) is 37.5 Å². The highest BCUT2D eigenvalue weighted by atomic mass is 16.6. The van der Waals surface area contributed by atoms with E-state index in [2.05, 4.69) is 9.47 Å². The van der Waals surface area contributed by atoms with E-state index >= 15 is 0 Å². The van der Waals surface area contributed by atoms with Crippen LogP contribution in [0.3, 0.4) is 0 Å². The lowest BCUT2D eigenvalue weighted by atomic mass is 10.1. The van der Waals surface area contributed by atoms with Crippen molar-refractivity contribution in [2.24, 2.45) is 0 Å². The normalized spacial score (nSPS) is 9.83. The quantitative estimate of drug-likeness (QED) is 0.257. The molecule has 0 spiro atoms. The van der Waals surface area contributed by atoms with E-state index < -0.39 is 16.8 Å². The van der Waals surface area contributed by atoms with Crippen molar-refractivity contribution in [2.45, 2.75) is 12.8 Å². The second-order valence-electron chi connectivity index (χ2n) is 7.94. The number of nitrogens with two attached hydrogens (primary N) is 1. The fourth-order valence-corrected chi connectivity index (χ4v) is 2.88. The van der Waals surface area contributed by atoms with Crippen LogP contribution in [0.5, 0.6) is 0 Å². The summed E-state index contributed by atoms with van der Waals surface area (Å²) in [6, 6.07) is 8.94. The fourth-order valence-electron chi connectivity index (χ4n) is 2.88. The number of anilines is 1. The zero-order chi connectivity index (χ0) is 27.6. The molecule has 0 aliphatic heterocycles. The standard InChI is InChI=1S/C12H14N2O5.C12H16N2O3/c1-13(2)12(16)9-6-8(7-11(15)19-3)4-5-10(9)14(17)18;1-14(2)12(16)9-6-8(4-5-10(9)13)7-11(15)17-3/h4-6H,7H2,1-3H3;4-6H,7,13H2,1-3H3. The van der Waals surface area contributed by atoms with E-state index in [1.165, 1.54) is 56.3 Å². The number of ether oxygens (including phenoxy) is 2. The summed E-state index contributed by atoms with van der Waals surface area (Å²) in [5, 5.41) is 10.9. The van der Waals surface area contributed by atoms with E-state index in [9.17, 15) is 29.3 Å². The van der Waals surface area contributed by atoms with E-state index in [0.717, 1.165) is 0 Å². The highest BCUT2D eigenvalue weighted by molar-refractivity contribution is 5.99. The Morgan fingerprint density at radius 2 is 1.22 bits per heavy atom. The van der Waals surface area contributed by atoms with Crippen LogP contribution >= 0.6 is 0 Å². The van der Waals surface area contributed by atoms with E-state index in [1.807, 2.05) is 0 Å². The number of rotatable bonds is 7. The van der Waals surface area contributed by atoms with Crippen LogP contribution in [0.2, 0.25) is 0 Å². The first-order chi connectivity index (χ1) is 16.8. The van der Waals surface area contributed by atoms with Gasteiger partial charge < -0.3 is 25.0 Å². The van der Waals surface area contributed by atoms with Gasteiger partial charge in [0.2, 0.25) is 0 Å². The second-order valence-corrected chi connectivity index (χ2v) is 7.94. The number of benzene rings is 2. The zero-order valence-electron chi connectivity index (χ0n) is 21.1. The first kappa shape index (κ1) is 29.6. The van der Waals surface area contributed by atoms with Crippen LogP contribution in [0.1, 0.15) is 31.8 Å². The monoisotopic (exact) mass is 502 g/mol. The maximum Gasteiger partial charge on any atom is 0.309 e. The molecule has 2 amide bonds. The maximum atomic E-state index is 11.9. The van der Waals surface area contributed by atoms with Gasteiger partial charge in [-0.1, -0.05) is 12.1 Å². The van der Waals surface area contributed by atoms with Gasteiger partial charge in [0, 0.05) is 39.9 Å². The number of methoxy groups -OCH3 is 2. The molecule has 2 aromatic carbocycles. The number of nitrogen functional groups attached to an aromatic ring is 1. The molecule has 2 rings (SSSR count). The van der Waals surface area contributed by atoms with Gasteiger partial charge >= 0.3 is 11.9 Å². The Morgan fingerprint density at radius 1 is 0.806 bits per heavy atom. The number of hydrogen-bond acceptors (Lipinski definition) is 9. The molecule has 36 heavy (non-hydrogen) atoms. The summed E-state index contributed by atoms with van der Waals surface area (Å²) in [6.45, 7) is 0. The first-order valence-electron chi connectivity index (χ1n) is 10.5. The number of carbonyl (C=O) groups excluding carboxylic acids is 4. The molecule has 2 aromatic rings. The molecule has 2 N–H and O–H groups in total. The molecular weight excluding hydrogens is 472 g/mol. The molecular formula is C24H30N4O8.